The Labute approximate surface area is 96.3 Å². The first-order valence-corrected chi connectivity index (χ1v) is 5.96. The number of pyridine rings is 1. The minimum atomic E-state index is 0.102. The van der Waals surface area contributed by atoms with Crippen LogP contribution in [-0.4, -0.2) is 10.9 Å². The molecule has 2 rings (SSSR count). The first kappa shape index (κ1) is 11.1. The summed E-state index contributed by atoms with van der Waals surface area (Å²) in [5, 5.41) is 2.86. The molecule has 1 aromatic rings. The van der Waals surface area contributed by atoms with Crippen molar-refractivity contribution in [2.45, 2.75) is 39.0 Å². The third-order valence-electron chi connectivity index (χ3n) is 3.13. The van der Waals surface area contributed by atoms with Crippen molar-refractivity contribution in [2.24, 2.45) is 5.92 Å². The lowest BCUT2D eigenvalue weighted by Crippen LogP contribution is -2.15. The first-order chi connectivity index (χ1) is 7.74. The standard InChI is InChI=1S/C13H18N2O/c1-10-6-7-14-12(8-10)15-13(16)9-11-4-2-3-5-11/h6-8,11H,2-5,9H2,1H3,(H,14,15,16). The predicted octanol–water partition coefficient (Wildman–Crippen LogP) is 2.91. The lowest BCUT2D eigenvalue weighted by atomic mass is 10.0. The third kappa shape index (κ3) is 3.05. The average Bonchev–Trinajstić information content (AvgIpc) is 2.70. The molecule has 86 valence electrons. The molecule has 1 N–H and O–H groups in total. The molecule has 1 heterocycles. The minimum Gasteiger partial charge on any atom is -0.311 e. The maximum atomic E-state index is 11.7. The van der Waals surface area contributed by atoms with E-state index in [1.807, 2.05) is 19.1 Å². The number of nitrogens with zero attached hydrogens (tertiary/aromatic N) is 1. The van der Waals surface area contributed by atoms with E-state index in [1.54, 1.807) is 6.20 Å². The zero-order chi connectivity index (χ0) is 11.4. The molecule has 0 atom stereocenters. The lowest BCUT2D eigenvalue weighted by molar-refractivity contribution is -0.117. The van der Waals surface area contributed by atoms with E-state index in [1.165, 1.54) is 25.7 Å². The molecule has 0 spiro atoms. The van der Waals surface area contributed by atoms with Gasteiger partial charge in [0.1, 0.15) is 5.82 Å². The summed E-state index contributed by atoms with van der Waals surface area (Å²) in [6.45, 7) is 1.99. The quantitative estimate of drug-likeness (QED) is 0.847. The molecule has 0 unspecified atom stereocenters. The molecule has 3 heteroatoms. The molecule has 1 saturated carbocycles. The van der Waals surface area contributed by atoms with Gasteiger partial charge in [0.05, 0.1) is 0 Å². The summed E-state index contributed by atoms with van der Waals surface area (Å²) in [6, 6.07) is 3.82. The SMILES string of the molecule is Cc1ccnc(NC(=O)CC2CCCC2)c1. The van der Waals surface area contributed by atoms with E-state index >= 15 is 0 Å². The van der Waals surface area contributed by atoms with Gasteiger partial charge in [0.15, 0.2) is 0 Å². The van der Waals surface area contributed by atoms with Crippen LogP contribution in [0.1, 0.15) is 37.7 Å². The first-order valence-electron chi connectivity index (χ1n) is 5.96. The smallest absolute Gasteiger partial charge is 0.225 e. The van der Waals surface area contributed by atoms with Crippen molar-refractivity contribution in [3.8, 4) is 0 Å². The predicted molar refractivity (Wildman–Crippen MR) is 64.2 cm³/mol. The van der Waals surface area contributed by atoms with Crippen molar-refractivity contribution < 1.29 is 4.79 Å². The summed E-state index contributed by atoms with van der Waals surface area (Å²) < 4.78 is 0. The lowest BCUT2D eigenvalue weighted by Gasteiger charge is -2.09. The van der Waals surface area contributed by atoms with Crippen LogP contribution in [0.15, 0.2) is 18.3 Å². The Kier molecular flexibility index (Phi) is 3.54. The van der Waals surface area contributed by atoms with Crippen LogP contribution in [0.2, 0.25) is 0 Å². The fraction of sp³-hybridized carbons (Fsp3) is 0.538. The number of anilines is 1. The summed E-state index contributed by atoms with van der Waals surface area (Å²) in [6.07, 6.45) is 7.33. The van der Waals surface area contributed by atoms with Crippen LogP contribution in [-0.2, 0) is 4.79 Å². The Hall–Kier alpha value is -1.38. The summed E-state index contributed by atoms with van der Waals surface area (Å²) in [5.74, 6) is 1.36. The highest BCUT2D eigenvalue weighted by Gasteiger charge is 2.18. The number of hydrogen-bond donors (Lipinski definition) is 1. The fourth-order valence-electron chi connectivity index (χ4n) is 2.28. The second-order valence-electron chi connectivity index (χ2n) is 4.62. The second kappa shape index (κ2) is 5.10. The molecule has 0 aliphatic heterocycles. The van der Waals surface area contributed by atoms with Crippen LogP contribution in [0, 0.1) is 12.8 Å². The van der Waals surface area contributed by atoms with Gasteiger partial charge in [-0.3, -0.25) is 4.79 Å². The number of hydrogen-bond acceptors (Lipinski definition) is 2. The fourth-order valence-corrected chi connectivity index (χ4v) is 2.28. The van der Waals surface area contributed by atoms with E-state index in [4.69, 9.17) is 0 Å². The Morgan fingerprint density at radius 3 is 2.94 bits per heavy atom. The largest absolute Gasteiger partial charge is 0.311 e. The molecular weight excluding hydrogens is 200 g/mol. The van der Waals surface area contributed by atoms with Crippen LogP contribution in [0.5, 0.6) is 0 Å². The Morgan fingerprint density at radius 1 is 1.50 bits per heavy atom. The number of aromatic nitrogens is 1. The molecule has 0 aromatic carbocycles. The van der Waals surface area contributed by atoms with E-state index < -0.39 is 0 Å². The number of carbonyl (C=O) groups is 1. The van der Waals surface area contributed by atoms with Crippen LogP contribution >= 0.6 is 0 Å². The number of amides is 1. The van der Waals surface area contributed by atoms with Gasteiger partial charge < -0.3 is 5.32 Å². The van der Waals surface area contributed by atoms with E-state index in [-0.39, 0.29) is 5.91 Å². The normalized spacial score (nSPS) is 16.3. The van der Waals surface area contributed by atoms with Crippen molar-refractivity contribution in [1.29, 1.82) is 0 Å². The van der Waals surface area contributed by atoms with Crippen LogP contribution in [0.3, 0.4) is 0 Å². The number of nitrogens with one attached hydrogen (secondary N) is 1. The molecule has 1 aliphatic carbocycles. The van der Waals surface area contributed by atoms with Gasteiger partial charge in [-0.25, -0.2) is 4.98 Å². The van der Waals surface area contributed by atoms with Crippen LogP contribution in [0.4, 0.5) is 5.82 Å². The topological polar surface area (TPSA) is 42.0 Å². The molecule has 3 nitrogen and oxygen atoms in total. The highest BCUT2D eigenvalue weighted by molar-refractivity contribution is 5.89. The molecule has 1 amide bonds. The average molecular weight is 218 g/mol. The second-order valence-corrected chi connectivity index (χ2v) is 4.62. The molecule has 1 fully saturated rings. The van der Waals surface area contributed by atoms with Crippen molar-refractivity contribution in [3.05, 3.63) is 23.9 Å². The molecule has 0 bridgehead atoms. The van der Waals surface area contributed by atoms with E-state index in [2.05, 4.69) is 10.3 Å². The monoisotopic (exact) mass is 218 g/mol. The van der Waals surface area contributed by atoms with E-state index in [9.17, 15) is 4.79 Å². The van der Waals surface area contributed by atoms with Crippen LogP contribution in [0.25, 0.3) is 0 Å². The molecule has 0 saturated heterocycles. The number of rotatable bonds is 3. The maximum Gasteiger partial charge on any atom is 0.225 e. The van der Waals surface area contributed by atoms with Gasteiger partial charge in [0, 0.05) is 12.6 Å². The van der Waals surface area contributed by atoms with Gasteiger partial charge >= 0.3 is 0 Å². The third-order valence-corrected chi connectivity index (χ3v) is 3.13. The molecule has 1 aromatic heterocycles. The molecular formula is C13H18N2O. The van der Waals surface area contributed by atoms with Gasteiger partial charge in [-0.1, -0.05) is 12.8 Å². The van der Waals surface area contributed by atoms with E-state index in [0.717, 1.165) is 5.56 Å². The Balaban J connectivity index is 1.86. The Bertz CT molecular complexity index is 370. The Morgan fingerprint density at radius 2 is 2.25 bits per heavy atom. The summed E-state index contributed by atoms with van der Waals surface area (Å²) >= 11 is 0. The van der Waals surface area contributed by atoms with Gasteiger partial charge in [-0.2, -0.15) is 0 Å². The summed E-state index contributed by atoms with van der Waals surface area (Å²) in [4.78, 5) is 15.9. The zero-order valence-electron chi connectivity index (χ0n) is 9.70. The van der Waals surface area contributed by atoms with E-state index in [0.29, 0.717) is 18.2 Å². The van der Waals surface area contributed by atoms with Gasteiger partial charge in [0.2, 0.25) is 5.91 Å². The van der Waals surface area contributed by atoms with Gasteiger partial charge in [0.25, 0.3) is 0 Å². The van der Waals surface area contributed by atoms with Crippen molar-refractivity contribution >= 4 is 11.7 Å². The molecule has 1 aliphatic rings. The van der Waals surface area contributed by atoms with Crippen molar-refractivity contribution in [3.63, 3.8) is 0 Å². The number of aryl methyl sites for hydroxylation is 1. The van der Waals surface area contributed by atoms with Gasteiger partial charge in [-0.15, -0.1) is 0 Å². The summed E-state index contributed by atoms with van der Waals surface area (Å²) in [5.41, 5.74) is 1.12. The van der Waals surface area contributed by atoms with Crippen molar-refractivity contribution in [1.82, 2.24) is 4.98 Å². The minimum absolute atomic E-state index is 0.102. The highest BCUT2D eigenvalue weighted by Crippen LogP contribution is 2.27. The maximum absolute atomic E-state index is 11.7. The van der Waals surface area contributed by atoms with Crippen molar-refractivity contribution in [2.75, 3.05) is 5.32 Å². The van der Waals surface area contributed by atoms with Crippen LogP contribution < -0.4 is 5.32 Å². The summed E-state index contributed by atoms with van der Waals surface area (Å²) in [7, 11) is 0. The highest BCUT2D eigenvalue weighted by atomic mass is 16.1. The number of carbonyl (C=O) groups excluding carboxylic acids is 1. The van der Waals surface area contributed by atoms with Gasteiger partial charge in [-0.05, 0) is 43.4 Å². The zero-order valence-corrected chi connectivity index (χ0v) is 9.70. The molecule has 16 heavy (non-hydrogen) atoms. The molecule has 0 radical (unpaired) electrons.